The van der Waals surface area contributed by atoms with Gasteiger partial charge < -0.3 is 10.6 Å². The monoisotopic (exact) mass is 352 g/mol. The number of benzene rings is 2. The van der Waals surface area contributed by atoms with E-state index in [0.717, 1.165) is 11.1 Å². The molecule has 0 saturated carbocycles. The molecule has 0 aliphatic rings. The highest BCUT2D eigenvalue weighted by Gasteiger charge is 2.35. The summed E-state index contributed by atoms with van der Waals surface area (Å²) in [4.78, 5) is 36.3. The third-order valence-corrected chi connectivity index (χ3v) is 4.22. The van der Waals surface area contributed by atoms with Crippen LogP contribution in [-0.2, 0) is 16.1 Å². The summed E-state index contributed by atoms with van der Waals surface area (Å²) in [6.45, 7) is 7.00. The van der Waals surface area contributed by atoms with Crippen molar-refractivity contribution >= 4 is 23.3 Å². The van der Waals surface area contributed by atoms with Gasteiger partial charge in [0.25, 0.3) is 0 Å². The Kier molecular flexibility index (Phi) is 5.93. The maximum atomic E-state index is 12.5. The molecule has 0 fully saturated rings. The van der Waals surface area contributed by atoms with Crippen LogP contribution in [0.3, 0.4) is 0 Å². The molecule has 0 aliphatic heterocycles. The van der Waals surface area contributed by atoms with E-state index in [4.69, 9.17) is 0 Å². The number of hydrogen-bond donors (Lipinski definition) is 2. The molecule has 0 saturated heterocycles. The molecule has 0 unspecified atom stereocenters. The van der Waals surface area contributed by atoms with Gasteiger partial charge in [0.1, 0.15) is 5.41 Å². The van der Waals surface area contributed by atoms with E-state index in [1.165, 1.54) is 6.92 Å². The van der Waals surface area contributed by atoms with Crippen LogP contribution in [0.5, 0.6) is 0 Å². The molecule has 5 nitrogen and oxygen atoms in total. The van der Waals surface area contributed by atoms with Crippen molar-refractivity contribution in [1.29, 1.82) is 0 Å². The standard InChI is InChI=1S/C21H24N2O3/c1-14-6-5-7-16(12-14)13-22-19(25)21(3,4)20(26)23-18-10-8-17(9-11-18)15(2)24/h5-12H,13H2,1-4H3,(H,22,25)(H,23,26). The summed E-state index contributed by atoms with van der Waals surface area (Å²) in [7, 11) is 0. The molecule has 0 spiro atoms. The Hall–Kier alpha value is -2.95. The van der Waals surface area contributed by atoms with Gasteiger partial charge in [-0.3, -0.25) is 14.4 Å². The van der Waals surface area contributed by atoms with E-state index < -0.39 is 11.3 Å². The minimum absolute atomic E-state index is 0.0428. The van der Waals surface area contributed by atoms with Crippen LogP contribution >= 0.6 is 0 Å². The lowest BCUT2D eigenvalue weighted by molar-refractivity contribution is -0.138. The van der Waals surface area contributed by atoms with Crippen LogP contribution in [0.2, 0.25) is 0 Å². The lowest BCUT2D eigenvalue weighted by Crippen LogP contribution is -2.44. The van der Waals surface area contributed by atoms with E-state index in [-0.39, 0.29) is 11.7 Å². The third-order valence-electron chi connectivity index (χ3n) is 4.22. The molecule has 0 heterocycles. The van der Waals surface area contributed by atoms with Gasteiger partial charge in [0.05, 0.1) is 0 Å². The molecular weight excluding hydrogens is 328 g/mol. The molecule has 2 aromatic rings. The van der Waals surface area contributed by atoms with Crippen molar-refractivity contribution in [3.63, 3.8) is 0 Å². The molecule has 2 rings (SSSR count). The van der Waals surface area contributed by atoms with E-state index in [2.05, 4.69) is 10.6 Å². The number of rotatable bonds is 6. The fraction of sp³-hybridized carbons (Fsp3) is 0.286. The Morgan fingerprint density at radius 1 is 0.962 bits per heavy atom. The number of amides is 2. The average Bonchev–Trinajstić information content (AvgIpc) is 2.60. The summed E-state index contributed by atoms with van der Waals surface area (Å²) in [6, 6.07) is 14.4. The summed E-state index contributed by atoms with van der Waals surface area (Å²) in [5, 5.41) is 5.54. The Bertz CT molecular complexity index is 823. The van der Waals surface area contributed by atoms with Gasteiger partial charge in [-0.25, -0.2) is 0 Å². The van der Waals surface area contributed by atoms with E-state index in [1.54, 1.807) is 38.1 Å². The maximum absolute atomic E-state index is 12.5. The summed E-state index contributed by atoms with van der Waals surface area (Å²) < 4.78 is 0. The van der Waals surface area contributed by atoms with E-state index >= 15 is 0 Å². The highest BCUT2D eigenvalue weighted by atomic mass is 16.2. The number of ketones is 1. The van der Waals surface area contributed by atoms with Gasteiger partial charge in [-0.15, -0.1) is 0 Å². The summed E-state index contributed by atoms with van der Waals surface area (Å²) in [5.41, 5.74) is 1.97. The molecule has 0 aliphatic carbocycles. The molecule has 2 amide bonds. The van der Waals surface area contributed by atoms with Gasteiger partial charge in [0, 0.05) is 17.8 Å². The second kappa shape index (κ2) is 7.95. The zero-order chi connectivity index (χ0) is 19.3. The van der Waals surface area contributed by atoms with Crippen LogP contribution in [0.25, 0.3) is 0 Å². The molecule has 0 atom stereocenters. The normalized spacial score (nSPS) is 10.9. The summed E-state index contributed by atoms with van der Waals surface area (Å²) in [5.74, 6) is -0.801. The van der Waals surface area contributed by atoms with Crippen LogP contribution in [0, 0.1) is 12.3 Å². The number of nitrogens with one attached hydrogen (secondary N) is 2. The number of Topliss-reactive ketones (excluding diaryl/α,β-unsaturated/α-hetero) is 1. The van der Waals surface area contributed by atoms with Crippen molar-refractivity contribution in [3.8, 4) is 0 Å². The maximum Gasteiger partial charge on any atom is 0.239 e. The van der Waals surface area contributed by atoms with Crippen molar-refractivity contribution in [2.75, 3.05) is 5.32 Å². The number of carbonyl (C=O) groups excluding carboxylic acids is 3. The van der Waals surface area contributed by atoms with Crippen molar-refractivity contribution in [2.24, 2.45) is 5.41 Å². The minimum atomic E-state index is -1.23. The lowest BCUT2D eigenvalue weighted by atomic mass is 9.90. The van der Waals surface area contributed by atoms with Crippen LogP contribution in [0.15, 0.2) is 48.5 Å². The third kappa shape index (κ3) is 4.79. The number of aryl methyl sites for hydroxylation is 1. The van der Waals surface area contributed by atoms with Gasteiger partial charge in [0.15, 0.2) is 5.78 Å². The van der Waals surface area contributed by atoms with Gasteiger partial charge in [0.2, 0.25) is 11.8 Å². The van der Waals surface area contributed by atoms with Crippen molar-refractivity contribution in [1.82, 2.24) is 5.32 Å². The molecule has 2 aromatic carbocycles. The Morgan fingerprint density at radius 2 is 1.62 bits per heavy atom. The van der Waals surface area contributed by atoms with E-state index in [0.29, 0.717) is 17.8 Å². The largest absolute Gasteiger partial charge is 0.351 e. The molecule has 0 aromatic heterocycles. The number of anilines is 1. The molecule has 5 heteroatoms. The Morgan fingerprint density at radius 3 is 2.19 bits per heavy atom. The first-order valence-corrected chi connectivity index (χ1v) is 8.46. The summed E-state index contributed by atoms with van der Waals surface area (Å²) >= 11 is 0. The van der Waals surface area contributed by atoms with Crippen LogP contribution < -0.4 is 10.6 Å². The van der Waals surface area contributed by atoms with Crippen LogP contribution in [0.4, 0.5) is 5.69 Å². The molecule has 0 bridgehead atoms. The SMILES string of the molecule is CC(=O)c1ccc(NC(=O)C(C)(C)C(=O)NCc2cccc(C)c2)cc1. The average molecular weight is 352 g/mol. The Labute approximate surface area is 153 Å². The fourth-order valence-electron chi connectivity index (χ4n) is 2.40. The zero-order valence-electron chi connectivity index (χ0n) is 15.6. The molecule has 0 radical (unpaired) electrons. The first-order valence-electron chi connectivity index (χ1n) is 8.46. The number of hydrogen-bond acceptors (Lipinski definition) is 3. The Balaban J connectivity index is 1.99. The fourth-order valence-corrected chi connectivity index (χ4v) is 2.40. The van der Waals surface area contributed by atoms with Crippen molar-refractivity contribution < 1.29 is 14.4 Å². The first kappa shape index (κ1) is 19.4. The predicted molar refractivity (Wildman–Crippen MR) is 102 cm³/mol. The highest BCUT2D eigenvalue weighted by molar-refractivity contribution is 6.10. The van der Waals surface area contributed by atoms with E-state index in [1.807, 2.05) is 31.2 Å². The van der Waals surface area contributed by atoms with Crippen molar-refractivity contribution in [2.45, 2.75) is 34.2 Å². The summed E-state index contributed by atoms with van der Waals surface area (Å²) in [6.07, 6.45) is 0. The first-order chi connectivity index (χ1) is 12.2. The molecule has 2 N–H and O–H groups in total. The second-order valence-electron chi connectivity index (χ2n) is 6.88. The molecule has 26 heavy (non-hydrogen) atoms. The second-order valence-corrected chi connectivity index (χ2v) is 6.88. The highest BCUT2D eigenvalue weighted by Crippen LogP contribution is 2.20. The van der Waals surface area contributed by atoms with Gasteiger partial charge in [-0.05, 0) is 57.5 Å². The predicted octanol–water partition coefficient (Wildman–Crippen LogP) is 3.48. The molecule has 136 valence electrons. The van der Waals surface area contributed by atoms with Gasteiger partial charge in [-0.2, -0.15) is 0 Å². The molecular formula is C21H24N2O3. The topological polar surface area (TPSA) is 75.3 Å². The quantitative estimate of drug-likeness (QED) is 0.617. The van der Waals surface area contributed by atoms with Crippen LogP contribution in [-0.4, -0.2) is 17.6 Å². The van der Waals surface area contributed by atoms with Gasteiger partial charge in [-0.1, -0.05) is 29.8 Å². The smallest absolute Gasteiger partial charge is 0.239 e. The van der Waals surface area contributed by atoms with E-state index in [9.17, 15) is 14.4 Å². The van der Waals surface area contributed by atoms with Gasteiger partial charge >= 0.3 is 0 Å². The minimum Gasteiger partial charge on any atom is -0.351 e. The number of carbonyl (C=O) groups is 3. The lowest BCUT2D eigenvalue weighted by Gasteiger charge is -2.23. The zero-order valence-corrected chi connectivity index (χ0v) is 15.6. The van der Waals surface area contributed by atoms with Crippen LogP contribution in [0.1, 0.15) is 42.3 Å². The van der Waals surface area contributed by atoms with Crippen molar-refractivity contribution in [3.05, 3.63) is 65.2 Å².